The number of nitrogens with zero attached hydrogens (tertiary/aromatic N) is 3. The third-order valence-electron chi connectivity index (χ3n) is 2.05. The second-order valence-corrected chi connectivity index (χ2v) is 3.19. The number of hydrogen-bond acceptors (Lipinski definition) is 4. The van der Waals surface area contributed by atoms with Crippen LogP contribution >= 0.6 is 0 Å². The number of carboxylic acids is 1. The van der Waals surface area contributed by atoms with Gasteiger partial charge in [-0.25, -0.2) is 0 Å². The Morgan fingerprint density at radius 2 is 2.31 bits per heavy atom. The third-order valence-corrected chi connectivity index (χ3v) is 2.05. The van der Waals surface area contributed by atoms with Gasteiger partial charge in [0.2, 0.25) is 0 Å². The van der Waals surface area contributed by atoms with Crippen molar-refractivity contribution in [1.82, 2.24) is 0 Å². The Morgan fingerprint density at radius 1 is 1.62 bits per heavy atom. The molecule has 1 aromatic rings. The lowest BCUT2D eigenvalue weighted by Gasteiger charge is -2.10. The zero-order chi connectivity index (χ0) is 12.1. The molecule has 0 saturated heterocycles. The van der Waals surface area contributed by atoms with E-state index in [4.69, 9.17) is 22.1 Å². The van der Waals surface area contributed by atoms with Crippen molar-refractivity contribution in [2.75, 3.05) is 5.73 Å². The molecule has 1 aromatic carbocycles. The molecule has 0 aliphatic heterocycles. The van der Waals surface area contributed by atoms with Crippen LogP contribution in [-0.4, -0.2) is 17.1 Å². The van der Waals surface area contributed by atoms with Crippen molar-refractivity contribution < 1.29 is 9.90 Å². The summed E-state index contributed by atoms with van der Waals surface area (Å²) >= 11 is 0. The smallest absolute Gasteiger partial charge is 0.320 e. The molecular weight excluding hydrogens is 210 g/mol. The van der Waals surface area contributed by atoms with Crippen LogP contribution in [-0.2, 0) is 11.2 Å². The van der Waals surface area contributed by atoms with E-state index in [1.807, 2.05) is 0 Å². The van der Waals surface area contributed by atoms with Gasteiger partial charge in [0.05, 0.1) is 5.69 Å². The molecule has 84 valence electrons. The van der Waals surface area contributed by atoms with Gasteiger partial charge < -0.3 is 16.6 Å². The number of rotatable bonds is 4. The molecule has 0 spiro atoms. The fraction of sp³-hybridized carbons (Fsp3) is 0.222. The molecule has 0 amide bonds. The van der Waals surface area contributed by atoms with Gasteiger partial charge in [0.25, 0.3) is 0 Å². The quantitative estimate of drug-likeness (QED) is 0.304. The van der Waals surface area contributed by atoms with E-state index in [2.05, 4.69) is 10.0 Å². The van der Waals surface area contributed by atoms with E-state index in [0.717, 1.165) is 0 Å². The van der Waals surface area contributed by atoms with Crippen molar-refractivity contribution in [2.24, 2.45) is 10.8 Å². The first kappa shape index (κ1) is 11.8. The average molecular weight is 221 g/mol. The first-order valence-corrected chi connectivity index (χ1v) is 4.47. The summed E-state index contributed by atoms with van der Waals surface area (Å²) in [5.41, 5.74) is 20.4. The van der Waals surface area contributed by atoms with Crippen LogP contribution in [0.2, 0.25) is 0 Å². The van der Waals surface area contributed by atoms with Crippen molar-refractivity contribution in [1.29, 1.82) is 0 Å². The second kappa shape index (κ2) is 5.01. The van der Waals surface area contributed by atoms with Crippen LogP contribution in [0.1, 0.15) is 5.56 Å². The molecule has 0 radical (unpaired) electrons. The Balaban J connectivity index is 3.08. The van der Waals surface area contributed by atoms with Crippen LogP contribution in [0.3, 0.4) is 0 Å². The van der Waals surface area contributed by atoms with E-state index < -0.39 is 12.0 Å². The minimum atomic E-state index is -1.12. The highest BCUT2D eigenvalue weighted by Gasteiger charge is 2.14. The topological polar surface area (TPSA) is 138 Å². The summed E-state index contributed by atoms with van der Waals surface area (Å²) < 4.78 is 0. The number of nitrogen functional groups attached to an aromatic ring is 1. The molecule has 0 heterocycles. The van der Waals surface area contributed by atoms with Crippen LogP contribution in [0.4, 0.5) is 11.4 Å². The minimum absolute atomic E-state index is 0.0642. The molecule has 16 heavy (non-hydrogen) atoms. The summed E-state index contributed by atoms with van der Waals surface area (Å²) in [7, 11) is 0. The van der Waals surface area contributed by atoms with Crippen LogP contribution in [0, 0.1) is 0 Å². The van der Waals surface area contributed by atoms with Crippen molar-refractivity contribution >= 4 is 17.3 Å². The van der Waals surface area contributed by atoms with Gasteiger partial charge in [-0.05, 0) is 23.6 Å². The highest BCUT2D eigenvalue weighted by molar-refractivity contribution is 5.75. The van der Waals surface area contributed by atoms with Gasteiger partial charge in [-0.1, -0.05) is 17.2 Å². The Kier molecular flexibility index (Phi) is 3.71. The Labute approximate surface area is 91.3 Å². The van der Waals surface area contributed by atoms with Crippen LogP contribution in [0.5, 0.6) is 0 Å². The molecule has 7 heteroatoms. The maximum absolute atomic E-state index is 10.6. The molecule has 7 nitrogen and oxygen atoms in total. The lowest BCUT2D eigenvalue weighted by molar-refractivity contribution is -0.138. The van der Waals surface area contributed by atoms with E-state index >= 15 is 0 Å². The molecule has 0 saturated carbocycles. The minimum Gasteiger partial charge on any atom is -0.480 e. The molecule has 0 aromatic heterocycles. The SMILES string of the molecule is [N-]=[N+]=Nc1c(N)cccc1C[C@H](N)C(=O)O. The first-order valence-electron chi connectivity index (χ1n) is 4.47. The number of carbonyl (C=O) groups is 1. The van der Waals surface area contributed by atoms with Gasteiger partial charge in [0.15, 0.2) is 0 Å². The maximum Gasteiger partial charge on any atom is 0.320 e. The van der Waals surface area contributed by atoms with Crippen LogP contribution < -0.4 is 11.5 Å². The van der Waals surface area contributed by atoms with Gasteiger partial charge in [0.1, 0.15) is 6.04 Å². The summed E-state index contributed by atoms with van der Waals surface area (Å²) in [6, 6.07) is 3.80. The van der Waals surface area contributed by atoms with Crippen LogP contribution in [0.25, 0.3) is 10.4 Å². The summed E-state index contributed by atoms with van der Waals surface area (Å²) in [5.74, 6) is -1.12. The van der Waals surface area contributed by atoms with Crippen molar-refractivity contribution in [2.45, 2.75) is 12.5 Å². The zero-order valence-corrected chi connectivity index (χ0v) is 8.37. The van der Waals surface area contributed by atoms with E-state index in [-0.39, 0.29) is 12.1 Å². The number of hydrogen-bond donors (Lipinski definition) is 3. The highest BCUT2D eigenvalue weighted by Crippen LogP contribution is 2.27. The summed E-state index contributed by atoms with van der Waals surface area (Å²) in [6.07, 6.45) is 0.0642. The number of nitrogens with two attached hydrogens (primary N) is 2. The summed E-state index contributed by atoms with van der Waals surface area (Å²) in [5, 5.41) is 12.1. The summed E-state index contributed by atoms with van der Waals surface area (Å²) in [6.45, 7) is 0. The zero-order valence-electron chi connectivity index (χ0n) is 8.37. The standard InChI is InChI=1S/C9H11N5O2/c10-6-3-1-2-5(8(6)13-14-12)4-7(11)9(15)16/h1-3,7H,4,10-11H2,(H,15,16)/t7-/m0/s1. The third kappa shape index (κ3) is 2.63. The normalized spacial score (nSPS) is 11.6. The van der Waals surface area contributed by atoms with Gasteiger partial charge in [-0.2, -0.15) is 0 Å². The van der Waals surface area contributed by atoms with Gasteiger partial charge >= 0.3 is 5.97 Å². The Morgan fingerprint density at radius 3 is 2.88 bits per heavy atom. The van der Waals surface area contributed by atoms with Crippen molar-refractivity contribution in [3.05, 3.63) is 34.2 Å². The van der Waals surface area contributed by atoms with Gasteiger partial charge in [-0.15, -0.1) is 0 Å². The largest absolute Gasteiger partial charge is 0.480 e. The van der Waals surface area contributed by atoms with Gasteiger partial charge in [0, 0.05) is 10.6 Å². The van der Waals surface area contributed by atoms with Gasteiger partial charge in [-0.3, -0.25) is 4.79 Å². The Hall–Kier alpha value is -2.24. The predicted octanol–water partition coefficient (Wildman–Crippen LogP) is 1.17. The fourth-order valence-corrected chi connectivity index (χ4v) is 1.27. The second-order valence-electron chi connectivity index (χ2n) is 3.19. The Bertz CT molecular complexity index is 453. The predicted molar refractivity (Wildman–Crippen MR) is 59.0 cm³/mol. The number of anilines is 1. The highest BCUT2D eigenvalue weighted by atomic mass is 16.4. The first-order chi connectivity index (χ1) is 7.56. The van der Waals surface area contributed by atoms with Crippen molar-refractivity contribution in [3.8, 4) is 0 Å². The van der Waals surface area contributed by atoms with Crippen molar-refractivity contribution in [3.63, 3.8) is 0 Å². The summed E-state index contributed by atoms with van der Waals surface area (Å²) in [4.78, 5) is 13.2. The molecule has 0 aliphatic rings. The molecule has 1 rings (SSSR count). The number of aliphatic carboxylic acids is 1. The van der Waals surface area contributed by atoms with E-state index in [1.165, 1.54) is 0 Å². The maximum atomic E-state index is 10.6. The fourth-order valence-electron chi connectivity index (χ4n) is 1.27. The molecule has 0 fully saturated rings. The molecular formula is C9H11N5O2. The average Bonchev–Trinajstić information content (AvgIpc) is 2.23. The van der Waals surface area contributed by atoms with Crippen LogP contribution in [0.15, 0.2) is 23.3 Å². The molecule has 0 bridgehead atoms. The lowest BCUT2D eigenvalue weighted by Crippen LogP contribution is -2.32. The number of azide groups is 1. The molecule has 5 N–H and O–H groups in total. The molecule has 0 unspecified atom stereocenters. The van der Waals surface area contributed by atoms with E-state index in [0.29, 0.717) is 11.3 Å². The van der Waals surface area contributed by atoms with E-state index in [1.54, 1.807) is 18.2 Å². The lowest BCUT2D eigenvalue weighted by atomic mass is 10.0. The number of carboxylic acid groups (broad SMARTS) is 1. The molecule has 1 atom stereocenters. The number of benzene rings is 1. The molecule has 0 aliphatic carbocycles. The monoisotopic (exact) mass is 221 g/mol. The van der Waals surface area contributed by atoms with E-state index in [9.17, 15) is 4.79 Å².